The third-order valence-electron chi connectivity index (χ3n) is 3.81. The van der Waals surface area contributed by atoms with Crippen molar-refractivity contribution in [2.75, 3.05) is 6.54 Å². The van der Waals surface area contributed by atoms with Crippen LogP contribution in [0.5, 0.6) is 0 Å². The molecule has 16 heavy (non-hydrogen) atoms. The van der Waals surface area contributed by atoms with E-state index in [2.05, 4.69) is 27.7 Å². The number of piperidine rings is 1. The fraction of sp³-hybridized carbons (Fsp3) is 0.923. The zero-order valence-corrected chi connectivity index (χ0v) is 11.0. The summed E-state index contributed by atoms with van der Waals surface area (Å²) in [5.41, 5.74) is -0.0983. The maximum absolute atomic E-state index is 12.3. The zero-order chi connectivity index (χ0) is 12.3. The molecule has 1 N–H and O–H groups in total. The Balaban J connectivity index is 2.78. The lowest BCUT2D eigenvalue weighted by Gasteiger charge is -2.45. The highest BCUT2D eigenvalue weighted by atomic mass is 16.3. The summed E-state index contributed by atoms with van der Waals surface area (Å²) >= 11 is 0. The Labute approximate surface area is 98.8 Å². The molecule has 0 aromatic carbocycles. The van der Waals surface area contributed by atoms with Crippen LogP contribution in [-0.2, 0) is 4.79 Å². The first-order valence-electron chi connectivity index (χ1n) is 6.42. The Bertz CT molecular complexity index is 246. The molecule has 0 aromatic heterocycles. The lowest BCUT2D eigenvalue weighted by Crippen LogP contribution is -2.56. The SMILES string of the molecule is CCC(CC)C(=O)N1CC(O)CCC1(C)C. The average Bonchev–Trinajstić information content (AvgIpc) is 2.23. The van der Waals surface area contributed by atoms with Crippen LogP contribution in [0.4, 0.5) is 0 Å². The Morgan fingerprint density at radius 3 is 2.50 bits per heavy atom. The van der Waals surface area contributed by atoms with Gasteiger partial charge in [0.15, 0.2) is 0 Å². The van der Waals surface area contributed by atoms with E-state index in [1.807, 2.05) is 4.90 Å². The van der Waals surface area contributed by atoms with Gasteiger partial charge in [-0.25, -0.2) is 0 Å². The van der Waals surface area contributed by atoms with Crippen LogP contribution in [0.25, 0.3) is 0 Å². The second-order valence-electron chi connectivity index (χ2n) is 5.47. The summed E-state index contributed by atoms with van der Waals surface area (Å²) < 4.78 is 0. The van der Waals surface area contributed by atoms with Gasteiger partial charge in [0.2, 0.25) is 5.91 Å². The van der Waals surface area contributed by atoms with E-state index >= 15 is 0 Å². The number of carbonyl (C=O) groups is 1. The van der Waals surface area contributed by atoms with Crippen LogP contribution in [0.2, 0.25) is 0 Å². The number of nitrogens with zero attached hydrogens (tertiary/aromatic N) is 1. The third kappa shape index (κ3) is 2.76. The molecule has 0 aromatic rings. The lowest BCUT2D eigenvalue weighted by atomic mass is 9.87. The Kier molecular flexibility index (Phi) is 4.36. The van der Waals surface area contributed by atoms with Gasteiger partial charge in [-0.1, -0.05) is 13.8 Å². The molecule has 94 valence electrons. The molecule has 3 heteroatoms. The van der Waals surface area contributed by atoms with Crippen molar-refractivity contribution < 1.29 is 9.90 Å². The van der Waals surface area contributed by atoms with Gasteiger partial charge < -0.3 is 10.0 Å². The van der Waals surface area contributed by atoms with Crippen molar-refractivity contribution in [3.8, 4) is 0 Å². The second-order valence-corrected chi connectivity index (χ2v) is 5.47. The van der Waals surface area contributed by atoms with Gasteiger partial charge in [-0.05, 0) is 39.5 Å². The van der Waals surface area contributed by atoms with Crippen LogP contribution >= 0.6 is 0 Å². The summed E-state index contributed by atoms with van der Waals surface area (Å²) in [5, 5.41) is 9.69. The fourth-order valence-electron chi connectivity index (χ4n) is 2.45. The third-order valence-corrected chi connectivity index (χ3v) is 3.81. The van der Waals surface area contributed by atoms with Gasteiger partial charge >= 0.3 is 0 Å². The predicted molar refractivity (Wildman–Crippen MR) is 65.1 cm³/mol. The fourth-order valence-corrected chi connectivity index (χ4v) is 2.45. The number of aliphatic hydroxyl groups is 1. The summed E-state index contributed by atoms with van der Waals surface area (Å²) in [4.78, 5) is 14.2. The second kappa shape index (κ2) is 5.17. The number of β-amino-alcohol motifs (C(OH)–C–C–N with tert-alkyl or cyclic N) is 1. The van der Waals surface area contributed by atoms with Crippen molar-refractivity contribution in [3.05, 3.63) is 0 Å². The molecular formula is C13H25NO2. The minimum atomic E-state index is -0.341. The van der Waals surface area contributed by atoms with Gasteiger partial charge in [0.05, 0.1) is 6.10 Å². The van der Waals surface area contributed by atoms with E-state index in [4.69, 9.17) is 0 Å². The van der Waals surface area contributed by atoms with Crippen LogP contribution in [-0.4, -0.2) is 34.1 Å². The molecule has 0 radical (unpaired) electrons. The quantitative estimate of drug-likeness (QED) is 0.803. The van der Waals surface area contributed by atoms with Crippen molar-refractivity contribution in [3.63, 3.8) is 0 Å². The maximum atomic E-state index is 12.3. The molecule has 1 rings (SSSR count). The van der Waals surface area contributed by atoms with Crippen LogP contribution in [0, 0.1) is 5.92 Å². The highest BCUT2D eigenvalue weighted by Crippen LogP contribution is 2.30. The molecule has 1 fully saturated rings. The van der Waals surface area contributed by atoms with E-state index in [1.54, 1.807) is 0 Å². The molecule has 1 heterocycles. The van der Waals surface area contributed by atoms with E-state index in [-0.39, 0.29) is 23.5 Å². The van der Waals surface area contributed by atoms with Crippen molar-refractivity contribution in [2.24, 2.45) is 5.92 Å². The first kappa shape index (κ1) is 13.5. The molecule has 0 spiro atoms. The zero-order valence-electron chi connectivity index (χ0n) is 11.0. The molecule has 0 bridgehead atoms. The van der Waals surface area contributed by atoms with E-state index in [0.29, 0.717) is 6.54 Å². The summed E-state index contributed by atoms with van der Waals surface area (Å²) in [7, 11) is 0. The summed E-state index contributed by atoms with van der Waals surface area (Å²) in [6.07, 6.45) is 3.13. The molecule has 0 aliphatic carbocycles. The van der Waals surface area contributed by atoms with Crippen molar-refractivity contribution >= 4 is 5.91 Å². The topological polar surface area (TPSA) is 40.5 Å². The largest absolute Gasteiger partial charge is 0.391 e. The van der Waals surface area contributed by atoms with E-state index < -0.39 is 0 Å². The van der Waals surface area contributed by atoms with Crippen LogP contribution in [0.15, 0.2) is 0 Å². The molecule has 1 aliphatic heterocycles. The highest BCUT2D eigenvalue weighted by molar-refractivity contribution is 5.79. The Morgan fingerprint density at radius 2 is 2.00 bits per heavy atom. The van der Waals surface area contributed by atoms with Crippen LogP contribution in [0.1, 0.15) is 53.4 Å². The number of aliphatic hydroxyl groups excluding tert-OH is 1. The summed E-state index contributed by atoms with van der Waals surface area (Å²) in [6, 6.07) is 0. The van der Waals surface area contributed by atoms with Gasteiger partial charge in [-0.3, -0.25) is 4.79 Å². The molecule has 3 nitrogen and oxygen atoms in total. The van der Waals surface area contributed by atoms with Gasteiger partial charge in [-0.2, -0.15) is 0 Å². The van der Waals surface area contributed by atoms with Crippen LogP contribution < -0.4 is 0 Å². The van der Waals surface area contributed by atoms with Gasteiger partial charge in [0.25, 0.3) is 0 Å². The van der Waals surface area contributed by atoms with Crippen molar-refractivity contribution in [1.82, 2.24) is 4.90 Å². The van der Waals surface area contributed by atoms with Crippen LogP contribution in [0.3, 0.4) is 0 Å². The van der Waals surface area contributed by atoms with E-state index in [1.165, 1.54) is 0 Å². The Morgan fingerprint density at radius 1 is 1.44 bits per heavy atom. The minimum Gasteiger partial charge on any atom is -0.391 e. The average molecular weight is 227 g/mol. The number of hydrogen-bond acceptors (Lipinski definition) is 2. The van der Waals surface area contributed by atoms with E-state index in [0.717, 1.165) is 25.7 Å². The minimum absolute atomic E-state index is 0.0983. The standard InChI is InChI=1S/C13H25NO2/c1-5-10(6-2)12(16)14-9-11(15)7-8-13(14,3)4/h10-11,15H,5-9H2,1-4H3. The smallest absolute Gasteiger partial charge is 0.226 e. The van der Waals surface area contributed by atoms with Gasteiger partial charge in [0.1, 0.15) is 0 Å². The number of rotatable bonds is 3. The summed E-state index contributed by atoms with van der Waals surface area (Å²) in [6.45, 7) is 8.81. The number of hydrogen-bond donors (Lipinski definition) is 1. The first-order valence-corrected chi connectivity index (χ1v) is 6.42. The molecule has 1 unspecified atom stereocenters. The number of amides is 1. The molecule has 0 saturated carbocycles. The maximum Gasteiger partial charge on any atom is 0.226 e. The molecular weight excluding hydrogens is 202 g/mol. The number of carbonyl (C=O) groups excluding carboxylic acids is 1. The highest BCUT2D eigenvalue weighted by Gasteiger charge is 2.38. The van der Waals surface area contributed by atoms with Crippen molar-refractivity contribution in [2.45, 2.75) is 65.0 Å². The normalized spacial score (nSPS) is 24.9. The predicted octanol–water partition coefficient (Wildman–Crippen LogP) is 2.18. The monoisotopic (exact) mass is 227 g/mol. The van der Waals surface area contributed by atoms with Crippen molar-refractivity contribution in [1.29, 1.82) is 0 Å². The van der Waals surface area contributed by atoms with E-state index in [9.17, 15) is 9.90 Å². The molecule has 1 saturated heterocycles. The summed E-state index contributed by atoms with van der Waals surface area (Å²) in [5.74, 6) is 0.332. The molecule has 1 aliphatic rings. The van der Waals surface area contributed by atoms with Gasteiger partial charge in [0, 0.05) is 18.0 Å². The Hall–Kier alpha value is -0.570. The van der Waals surface area contributed by atoms with Gasteiger partial charge in [-0.15, -0.1) is 0 Å². The lowest BCUT2D eigenvalue weighted by molar-refractivity contribution is -0.147. The molecule has 1 atom stereocenters. The molecule has 1 amide bonds. The number of likely N-dealkylation sites (tertiary alicyclic amines) is 1. The first-order chi connectivity index (χ1) is 7.42.